The van der Waals surface area contributed by atoms with Crippen LogP contribution in [0.2, 0.25) is 0 Å². The second-order valence-corrected chi connectivity index (χ2v) is 8.04. The number of benzene rings is 1. The number of piperidine rings is 1. The third-order valence-electron chi connectivity index (χ3n) is 4.04. The molecule has 122 valence electrons. The van der Waals surface area contributed by atoms with Crippen LogP contribution >= 0.6 is 24.1 Å². The Morgan fingerprint density at radius 1 is 1.32 bits per heavy atom. The molecule has 9 heteroatoms. The SMILES string of the molecule is CC1(CNS(=O)(=O)c2cccc3nsnc23)CCNCC1.Cl. The molecule has 1 saturated heterocycles. The summed E-state index contributed by atoms with van der Waals surface area (Å²) in [7, 11) is -3.56. The molecule has 0 saturated carbocycles. The number of halogens is 1. The van der Waals surface area contributed by atoms with Crippen LogP contribution in [-0.4, -0.2) is 36.8 Å². The summed E-state index contributed by atoms with van der Waals surface area (Å²) in [5, 5.41) is 3.30. The van der Waals surface area contributed by atoms with Crippen molar-refractivity contribution in [3.8, 4) is 0 Å². The molecule has 1 aromatic heterocycles. The van der Waals surface area contributed by atoms with Gasteiger partial charge < -0.3 is 5.32 Å². The van der Waals surface area contributed by atoms with Crippen LogP contribution in [0.4, 0.5) is 0 Å². The minimum Gasteiger partial charge on any atom is -0.317 e. The van der Waals surface area contributed by atoms with Crippen LogP contribution in [0.5, 0.6) is 0 Å². The van der Waals surface area contributed by atoms with Gasteiger partial charge in [-0.3, -0.25) is 0 Å². The predicted molar refractivity (Wildman–Crippen MR) is 90.1 cm³/mol. The van der Waals surface area contributed by atoms with Crippen LogP contribution < -0.4 is 10.0 Å². The van der Waals surface area contributed by atoms with E-state index in [0.29, 0.717) is 17.6 Å². The Labute approximate surface area is 140 Å². The third kappa shape index (κ3) is 3.57. The number of sulfonamides is 1. The summed E-state index contributed by atoms with van der Waals surface area (Å²) in [6.45, 7) is 4.44. The van der Waals surface area contributed by atoms with Crippen molar-refractivity contribution >= 4 is 45.2 Å². The van der Waals surface area contributed by atoms with Gasteiger partial charge in [0.1, 0.15) is 15.9 Å². The highest BCUT2D eigenvalue weighted by atomic mass is 35.5. The second kappa shape index (κ2) is 6.76. The minimum atomic E-state index is -3.56. The summed E-state index contributed by atoms with van der Waals surface area (Å²) in [5.74, 6) is 0. The standard InChI is InChI=1S/C13H18N4O2S2.ClH/c1-13(5-7-14-8-6-13)9-15-21(18,19)11-4-2-3-10-12(11)17-20-16-10;/h2-4,14-15H,5-9H2,1H3;1H. The normalized spacial score (nSPS) is 18.0. The number of nitrogens with one attached hydrogen (secondary N) is 2. The van der Waals surface area contributed by atoms with E-state index in [1.54, 1.807) is 18.2 Å². The van der Waals surface area contributed by atoms with Crippen LogP contribution in [0.1, 0.15) is 19.8 Å². The first-order valence-electron chi connectivity index (χ1n) is 6.92. The Kier molecular flexibility index (Phi) is 5.39. The maximum atomic E-state index is 12.5. The van der Waals surface area contributed by atoms with Crippen molar-refractivity contribution < 1.29 is 8.42 Å². The van der Waals surface area contributed by atoms with E-state index in [-0.39, 0.29) is 22.7 Å². The molecular weight excluding hydrogens is 344 g/mol. The van der Waals surface area contributed by atoms with Crippen LogP contribution in [0.25, 0.3) is 11.0 Å². The van der Waals surface area contributed by atoms with Crippen molar-refractivity contribution in [2.24, 2.45) is 5.41 Å². The van der Waals surface area contributed by atoms with Gasteiger partial charge in [-0.15, -0.1) is 12.4 Å². The molecule has 0 atom stereocenters. The van der Waals surface area contributed by atoms with Crippen molar-refractivity contribution in [3.63, 3.8) is 0 Å². The zero-order valence-electron chi connectivity index (χ0n) is 12.2. The molecule has 0 aliphatic carbocycles. The first-order chi connectivity index (χ1) is 10.0. The summed E-state index contributed by atoms with van der Waals surface area (Å²) in [5.41, 5.74) is 1.08. The summed E-state index contributed by atoms with van der Waals surface area (Å²) in [4.78, 5) is 0.214. The molecule has 0 radical (unpaired) electrons. The molecule has 22 heavy (non-hydrogen) atoms. The lowest BCUT2D eigenvalue weighted by Gasteiger charge is -2.34. The quantitative estimate of drug-likeness (QED) is 0.866. The Bertz CT molecular complexity index is 741. The van der Waals surface area contributed by atoms with Crippen LogP contribution in [0, 0.1) is 5.41 Å². The molecule has 0 bridgehead atoms. The minimum absolute atomic E-state index is 0. The lowest BCUT2D eigenvalue weighted by atomic mass is 9.81. The molecule has 1 aliphatic heterocycles. The molecule has 2 heterocycles. The largest absolute Gasteiger partial charge is 0.317 e. The van der Waals surface area contributed by atoms with E-state index in [0.717, 1.165) is 37.7 Å². The highest BCUT2D eigenvalue weighted by Gasteiger charge is 2.29. The molecule has 1 aliphatic rings. The molecule has 0 amide bonds. The molecule has 2 aromatic rings. The van der Waals surface area contributed by atoms with Gasteiger partial charge in [0.2, 0.25) is 10.0 Å². The van der Waals surface area contributed by atoms with Crippen molar-refractivity contribution in [2.45, 2.75) is 24.7 Å². The summed E-state index contributed by atoms with van der Waals surface area (Å²) in [6, 6.07) is 5.05. The van der Waals surface area contributed by atoms with E-state index in [1.807, 2.05) is 0 Å². The summed E-state index contributed by atoms with van der Waals surface area (Å²) in [6.07, 6.45) is 1.94. The number of hydrogen-bond acceptors (Lipinski definition) is 6. The van der Waals surface area contributed by atoms with Crippen LogP contribution in [0.15, 0.2) is 23.1 Å². The molecule has 1 aromatic carbocycles. The average molecular weight is 363 g/mol. The summed E-state index contributed by atoms with van der Waals surface area (Å²) < 4.78 is 36.0. The van der Waals surface area contributed by atoms with Gasteiger partial charge in [-0.1, -0.05) is 13.0 Å². The number of rotatable bonds is 4. The summed E-state index contributed by atoms with van der Waals surface area (Å²) >= 11 is 1.03. The third-order valence-corrected chi connectivity index (χ3v) is 6.01. The van der Waals surface area contributed by atoms with Gasteiger partial charge in [0.15, 0.2) is 0 Å². The van der Waals surface area contributed by atoms with E-state index < -0.39 is 10.0 Å². The molecule has 1 fully saturated rings. The zero-order chi connectivity index (χ0) is 14.9. The van der Waals surface area contributed by atoms with E-state index in [2.05, 4.69) is 25.7 Å². The second-order valence-electron chi connectivity index (χ2n) is 5.77. The monoisotopic (exact) mass is 362 g/mol. The molecule has 6 nitrogen and oxygen atoms in total. The van der Waals surface area contributed by atoms with E-state index in [4.69, 9.17) is 0 Å². The molecule has 3 rings (SSSR count). The zero-order valence-corrected chi connectivity index (χ0v) is 14.7. The highest BCUT2D eigenvalue weighted by Crippen LogP contribution is 2.28. The van der Waals surface area contributed by atoms with Crippen LogP contribution in [0.3, 0.4) is 0 Å². The molecule has 2 N–H and O–H groups in total. The Morgan fingerprint density at radius 2 is 2.05 bits per heavy atom. The number of hydrogen-bond donors (Lipinski definition) is 2. The molecule has 0 spiro atoms. The van der Waals surface area contributed by atoms with Gasteiger partial charge in [-0.25, -0.2) is 13.1 Å². The van der Waals surface area contributed by atoms with Crippen molar-refractivity contribution in [1.29, 1.82) is 0 Å². The van der Waals surface area contributed by atoms with Gasteiger partial charge in [-0.05, 0) is 43.5 Å². The Balaban J connectivity index is 0.00000176. The smallest absolute Gasteiger partial charge is 0.242 e. The number of aromatic nitrogens is 2. The van der Waals surface area contributed by atoms with Crippen molar-refractivity contribution in [2.75, 3.05) is 19.6 Å². The van der Waals surface area contributed by atoms with Gasteiger partial charge >= 0.3 is 0 Å². The lowest BCUT2D eigenvalue weighted by Crippen LogP contribution is -2.42. The fourth-order valence-electron chi connectivity index (χ4n) is 2.55. The number of fused-ring (bicyclic) bond motifs is 1. The highest BCUT2D eigenvalue weighted by molar-refractivity contribution is 7.89. The van der Waals surface area contributed by atoms with E-state index in [1.165, 1.54) is 0 Å². The van der Waals surface area contributed by atoms with Crippen LogP contribution in [-0.2, 0) is 10.0 Å². The van der Waals surface area contributed by atoms with Gasteiger partial charge in [0.05, 0.1) is 11.7 Å². The van der Waals surface area contributed by atoms with E-state index in [9.17, 15) is 8.42 Å². The maximum Gasteiger partial charge on any atom is 0.242 e. The van der Waals surface area contributed by atoms with Crippen molar-refractivity contribution in [1.82, 2.24) is 18.8 Å². The van der Waals surface area contributed by atoms with Gasteiger partial charge in [0, 0.05) is 6.54 Å². The lowest BCUT2D eigenvalue weighted by molar-refractivity contribution is 0.232. The fraction of sp³-hybridized carbons (Fsp3) is 0.538. The first kappa shape index (κ1) is 17.6. The van der Waals surface area contributed by atoms with Gasteiger partial charge in [0.25, 0.3) is 0 Å². The molecule has 0 unspecified atom stereocenters. The first-order valence-corrected chi connectivity index (χ1v) is 9.13. The van der Waals surface area contributed by atoms with E-state index >= 15 is 0 Å². The fourth-order valence-corrected chi connectivity index (χ4v) is 4.52. The Morgan fingerprint density at radius 3 is 2.77 bits per heavy atom. The maximum absolute atomic E-state index is 12.5. The number of nitrogens with zero attached hydrogens (tertiary/aromatic N) is 2. The topological polar surface area (TPSA) is 84.0 Å². The van der Waals surface area contributed by atoms with Crippen molar-refractivity contribution in [3.05, 3.63) is 18.2 Å². The molecular formula is C13H19ClN4O2S2. The predicted octanol–water partition coefficient (Wildman–Crippen LogP) is 1.78. The van der Waals surface area contributed by atoms with Gasteiger partial charge in [-0.2, -0.15) is 8.75 Å². The average Bonchev–Trinajstić information content (AvgIpc) is 2.94. The Hall–Kier alpha value is -0.800.